The van der Waals surface area contributed by atoms with E-state index in [1.165, 1.54) is 12.0 Å². The normalized spacial score (nSPS) is 41.0. The van der Waals surface area contributed by atoms with E-state index in [9.17, 15) is 4.79 Å². The number of piperidine rings is 2. The zero-order valence-corrected chi connectivity index (χ0v) is 16.9. The van der Waals surface area contributed by atoms with Gasteiger partial charge in [-0.15, -0.1) is 0 Å². The van der Waals surface area contributed by atoms with Crippen LogP contribution in [0, 0.1) is 11.8 Å². The van der Waals surface area contributed by atoms with Crippen molar-refractivity contribution in [3.63, 3.8) is 0 Å². The SMILES string of the molecule is COc1cc2c(cc1OC)[C@@]13CCN4CC5=CCO[C@@H]6CC(=O)N2[C@H]1[C@@H]6[C@H]5C[C@H]43. The Morgan fingerprint density at radius 1 is 1.21 bits per heavy atom. The third kappa shape index (κ3) is 1.76. The van der Waals surface area contributed by atoms with Gasteiger partial charge < -0.3 is 19.1 Å². The first-order chi connectivity index (χ1) is 14.2. The minimum absolute atomic E-state index is 0.0242. The Bertz CT molecular complexity index is 974. The van der Waals surface area contributed by atoms with Gasteiger partial charge in [-0.05, 0) is 36.9 Å². The molecule has 0 unspecified atom stereocenters. The number of carbonyl (C=O) groups is 1. The molecule has 0 N–H and O–H groups in total. The molecular weight excluding hydrogens is 368 g/mol. The van der Waals surface area contributed by atoms with Crippen molar-refractivity contribution >= 4 is 11.6 Å². The van der Waals surface area contributed by atoms with Crippen molar-refractivity contribution in [3.05, 3.63) is 29.3 Å². The molecule has 4 fully saturated rings. The smallest absolute Gasteiger partial charge is 0.229 e. The Balaban J connectivity index is 1.52. The zero-order valence-electron chi connectivity index (χ0n) is 16.9. The maximum atomic E-state index is 13.5. The van der Waals surface area contributed by atoms with Crippen LogP contribution in [0.25, 0.3) is 0 Å². The summed E-state index contributed by atoms with van der Waals surface area (Å²) in [5.74, 6) is 2.57. The average Bonchev–Trinajstić information content (AvgIpc) is 3.20. The van der Waals surface area contributed by atoms with E-state index in [0.29, 0.717) is 36.7 Å². The van der Waals surface area contributed by atoms with Gasteiger partial charge >= 0.3 is 0 Å². The molecule has 3 saturated heterocycles. The topological polar surface area (TPSA) is 51.2 Å². The van der Waals surface area contributed by atoms with Gasteiger partial charge in [0.05, 0.1) is 45.1 Å². The standard InChI is InChI=1S/C23H26N2O4/c1-27-16-8-14-15(9-17(16)28-2)25-20(26)10-18-21-13-7-19-23(14,22(21)25)4-5-24(19)11-12(13)3-6-29-18/h3,8-9,13,18-19,21-22H,4-7,10-11H2,1-2H3/t13-,18+,19-,21+,22-,23+/m0/s1. The zero-order chi connectivity index (χ0) is 19.5. The van der Waals surface area contributed by atoms with E-state index >= 15 is 0 Å². The van der Waals surface area contributed by atoms with E-state index in [4.69, 9.17) is 14.2 Å². The van der Waals surface area contributed by atoms with Crippen molar-refractivity contribution < 1.29 is 19.0 Å². The number of methoxy groups -OCH3 is 2. The van der Waals surface area contributed by atoms with Crippen LogP contribution in [0.5, 0.6) is 11.5 Å². The molecule has 2 bridgehead atoms. The molecule has 6 aliphatic rings. The summed E-state index contributed by atoms with van der Waals surface area (Å²) in [5, 5.41) is 0. The van der Waals surface area contributed by atoms with Crippen LogP contribution in [0.15, 0.2) is 23.8 Å². The molecule has 1 aromatic rings. The Morgan fingerprint density at radius 2 is 2.03 bits per heavy atom. The minimum Gasteiger partial charge on any atom is -0.493 e. The molecule has 6 nitrogen and oxygen atoms in total. The maximum Gasteiger partial charge on any atom is 0.229 e. The highest BCUT2D eigenvalue weighted by molar-refractivity contribution is 5.99. The molecule has 0 aromatic heterocycles. The maximum absolute atomic E-state index is 13.5. The predicted molar refractivity (Wildman–Crippen MR) is 107 cm³/mol. The number of nitrogens with zero attached hydrogens (tertiary/aromatic N) is 2. The van der Waals surface area contributed by atoms with Crippen molar-refractivity contribution in [2.75, 3.05) is 38.8 Å². The largest absolute Gasteiger partial charge is 0.493 e. The minimum atomic E-state index is -0.0242. The molecule has 1 saturated carbocycles. The summed E-state index contributed by atoms with van der Waals surface area (Å²) in [6.07, 6.45) is 5.11. The predicted octanol–water partition coefficient (Wildman–Crippen LogP) is 2.11. The summed E-state index contributed by atoms with van der Waals surface area (Å²) in [7, 11) is 3.36. The van der Waals surface area contributed by atoms with Crippen LogP contribution in [-0.2, 0) is 14.9 Å². The summed E-state index contributed by atoms with van der Waals surface area (Å²) in [6.45, 7) is 2.80. The van der Waals surface area contributed by atoms with E-state index in [1.807, 2.05) is 6.07 Å². The monoisotopic (exact) mass is 394 g/mol. The number of hydrogen-bond donors (Lipinski definition) is 0. The summed E-state index contributed by atoms with van der Waals surface area (Å²) in [4.78, 5) is 18.3. The second-order valence-electron chi connectivity index (χ2n) is 9.48. The third-order valence-corrected chi connectivity index (χ3v) is 8.81. The molecule has 7 rings (SSSR count). The van der Waals surface area contributed by atoms with E-state index in [2.05, 4.69) is 21.9 Å². The molecule has 152 valence electrons. The summed E-state index contributed by atoms with van der Waals surface area (Å²) in [5.41, 5.74) is 3.85. The second-order valence-corrected chi connectivity index (χ2v) is 9.48. The van der Waals surface area contributed by atoms with Crippen molar-refractivity contribution in [1.82, 2.24) is 4.90 Å². The Kier molecular flexibility index (Phi) is 3.08. The van der Waals surface area contributed by atoms with Gasteiger partial charge in [-0.3, -0.25) is 9.69 Å². The first-order valence-electron chi connectivity index (χ1n) is 10.8. The molecule has 29 heavy (non-hydrogen) atoms. The van der Waals surface area contributed by atoms with Gasteiger partial charge in [0.25, 0.3) is 0 Å². The highest BCUT2D eigenvalue weighted by atomic mass is 16.5. The summed E-state index contributed by atoms with van der Waals surface area (Å²) >= 11 is 0. The highest BCUT2D eigenvalue weighted by Gasteiger charge is 2.71. The van der Waals surface area contributed by atoms with Crippen LogP contribution in [-0.4, -0.2) is 62.9 Å². The number of ether oxygens (including phenoxy) is 3. The Hall–Kier alpha value is -2.05. The van der Waals surface area contributed by atoms with E-state index in [0.717, 1.165) is 30.9 Å². The first kappa shape index (κ1) is 16.7. The van der Waals surface area contributed by atoms with Crippen LogP contribution in [0.4, 0.5) is 5.69 Å². The van der Waals surface area contributed by atoms with Crippen molar-refractivity contribution in [3.8, 4) is 11.5 Å². The average molecular weight is 394 g/mol. The van der Waals surface area contributed by atoms with Crippen LogP contribution in [0.2, 0.25) is 0 Å². The van der Waals surface area contributed by atoms with Gasteiger partial charge in [0, 0.05) is 30.0 Å². The van der Waals surface area contributed by atoms with Gasteiger partial charge in [-0.2, -0.15) is 0 Å². The lowest BCUT2D eigenvalue weighted by Crippen LogP contribution is -2.69. The van der Waals surface area contributed by atoms with Crippen LogP contribution in [0.1, 0.15) is 24.8 Å². The number of carbonyl (C=O) groups excluding carboxylic acids is 1. The van der Waals surface area contributed by atoms with Crippen LogP contribution < -0.4 is 14.4 Å². The third-order valence-electron chi connectivity index (χ3n) is 8.81. The molecule has 5 aliphatic heterocycles. The van der Waals surface area contributed by atoms with Gasteiger partial charge in [0.2, 0.25) is 5.91 Å². The molecule has 6 heteroatoms. The number of amides is 1. The number of rotatable bonds is 2. The van der Waals surface area contributed by atoms with E-state index in [1.54, 1.807) is 19.8 Å². The molecule has 0 radical (unpaired) electrons. The van der Waals surface area contributed by atoms with Gasteiger partial charge in [-0.1, -0.05) is 11.6 Å². The molecule has 1 aliphatic carbocycles. The fraction of sp³-hybridized carbons (Fsp3) is 0.609. The van der Waals surface area contributed by atoms with E-state index in [-0.39, 0.29) is 23.5 Å². The first-order valence-corrected chi connectivity index (χ1v) is 10.8. The van der Waals surface area contributed by atoms with E-state index < -0.39 is 0 Å². The van der Waals surface area contributed by atoms with Crippen molar-refractivity contribution in [2.45, 2.75) is 42.9 Å². The summed E-state index contributed by atoms with van der Waals surface area (Å²) in [6, 6.07) is 4.87. The second kappa shape index (κ2) is 5.35. The van der Waals surface area contributed by atoms with Gasteiger partial charge in [0.1, 0.15) is 0 Å². The fourth-order valence-corrected chi connectivity index (χ4v) is 7.87. The number of hydrogen-bond acceptors (Lipinski definition) is 5. The van der Waals surface area contributed by atoms with Gasteiger partial charge in [-0.25, -0.2) is 0 Å². The number of benzene rings is 1. The molecule has 1 spiro atoms. The van der Waals surface area contributed by atoms with Gasteiger partial charge in [0.15, 0.2) is 11.5 Å². The lowest BCUT2D eigenvalue weighted by molar-refractivity contribution is -0.132. The number of fused-ring (bicyclic) bond motifs is 2. The lowest BCUT2D eigenvalue weighted by atomic mass is 9.53. The Morgan fingerprint density at radius 3 is 2.86 bits per heavy atom. The molecule has 6 atom stereocenters. The molecular formula is C23H26N2O4. The van der Waals surface area contributed by atoms with Crippen LogP contribution >= 0.6 is 0 Å². The molecule has 5 heterocycles. The Labute approximate surface area is 170 Å². The number of anilines is 1. The molecule has 1 amide bonds. The highest BCUT2D eigenvalue weighted by Crippen LogP contribution is 2.66. The summed E-state index contributed by atoms with van der Waals surface area (Å²) < 4.78 is 17.6. The lowest BCUT2D eigenvalue weighted by Gasteiger charge is -2.58. The quantitative estimate of drug-likeness (QED) is 0.719. The molecule has 1 aromatic carbocycles. The van der Waals surface area contributed by atoms with Crippen molar-refractivity contribution in [2.24, 2.45) is 11.8 Å². The van der Waals surface area contributed by atoms with Crippen LogP contribution in [0.3, 0.4) is 0 Å². The van der Waals surface area contributed by atoms with Crippen molar-refractivity contribution in [1.29, 1.82) is 0 Å². The fourth-order valence-electron chi connectivity index (χ4n) is 7.87.